The molecule has 2 rings (SSSR count). The van der Waals surface area contributed by atoms with Gasteiger partial charge in [0, 0.05) is 32.2 Å². The van der Waals surface area contributed by atoms with E-state index in [0.29, 0.717) is 12.1 Å². The van der Waals surface area contributed by atoms with Crippen LogP contribution in [0.5, 0.6) is 0 Å². The highest BCUT2D eigenvalue weighted by molar-refractivity contribution is 7.89. The molecule has 1 unspecified atom stereocenters. The second kappa shape index (κ2) is 7.92. The zero-order valence-corrected chi connectivity index (χ0v) is 14.3. The van der Waals surface area contributed by atoms with Crippen molar-refractivity contribution in [2.24, 2.45) is 0 Å². The maximum Gasteiger partial charge on any atom is 0.253 e. The number of sulfonamides is 1. The van der Waals surface area contributed by atoms with E-state index in [1.807, 2.05) is 0 Å². The Hall–Kier alpha value is -1.15. The minimum Gasteiger partial charge on any atom is -0.345 e. The molecule has 0 spiro atoms. The molecule has 1 heterocycles. The Morgan fingerprint density at radius 3 is 2.73 bits per heavy atom. The molecule has 2 N–H and O–H groups in total. The summed E-state index contributed by atoms with van der Waals surface area (Å²) in [5, 5.41) is 3.24. The van der Waals surface area contributed by atoms with Gasteiger partial charge in [0.1, 0.15) is 0 Å². The number of hydrogen-bond acceptors (Lipinski definition) is 4. The van der Waals surface area contributed by atoms with Gasteiger partial charge in [0.25, 0.3) is 5.91 Å². The Labute approximate surface area is 137 Å². The van der Waals surface area contributed by atoms with Crippen LogP contribution in [0.3, 0.4) is 0 Å². The summed E-state index contributed by atoms with van der Waals surface area (Å²) in [6.07, 6.45) is 2.04. The van der Waals surface area contributed by atoms with Crippen LogP contribution in [0.1, 0.15) is 23.2 Å². The summed E-state index contributed by atoms with van der Waals surface area (Å²) in [6.45, 7) is 1.30. The lowest BCUT2D eigenvalue weighted by Gasteiger charge is -2.14. The average molecular weight is 348 g/mol. The van der Waals surface area contributed by atoms with Crippen molar-refractivity contribution in [3.63, 3.8) is 0 Å². The van der Waals surface area contributed by atoms with E-state index in [1.54, 1.807) is 26.2 Å². The highest BCUT2D eigenvalue weighted by Crippen LogP contribution is 2.13. The van der Waals surface area contributed by atoms with Gasteiger partial charge in [-0.15, -0.1) is 12.4 Å². The van der Waals surface area contributed by atoms with Crippen LogP contribution < -0.4 is 10.0 Å². The Balaban J connectivity index is 0.00000242. The standard InChI is InChI=1S/C14H21N3O3S.ClH/c1-17(2)14(18)11-5-3-7-13(9-11)21(19,20)16-10-12-6-4-8-15-12;/h3,5,7,9,12,15-16H,4,6,8,10H2,1-2H3;1H. The quantitative estimate of drug-likeness (QED) is 0.827. The maximum absolute atomic E-state index is 12.3. The second-order valence-electron chi connectivity index (χ2n) is 5.37. The lowest BCUT2D eigenvalue weighted by atomic mass is 10.2. The van der Waals surface area contributed by atoms with Crippen molar-refractivity contribution < 1.29 is 13.2 Å². The molecule has 1 aliphatic rings. The van der Waals surface area contributed by atoms with Gasteiger partial charge in [-0.05, 0) is 37.6 Å². The summed E-state index contributed by atoms with van der Waals surface area (Å²) in [5.41, 5.74) is 0.363. The first kappa shape index (κ1) is 18.9. The predicted octanol–water partition coefficient (Wildman–Crippen LogP) is 0.841. The van der Waals surface area contributed by atoms with Gasteiger partial charge in [0.2, 0.25) is 10.0 Å². The van der Waals surface area contributed by atoms with Gasteiger partial charge < -0.3 is 10.2 Å². The monoisotopic (exact) mass is 347 g/mol. The molecule has 22 heavy (non-hydrogen) atoms. The SMILES string of the molecule is CN(C)C(=O)c1cccc(S(=O)(=O)NCC2CCCN2)c1.Cl. The van der Waals surface area contributed by atoms with E-state index in [2.05, 4.69) is 10.0 Å². The number of carbonyl (C=O) groups excluding carboxylic acids is 1. The molecule has 0 radical (unpaired) electrons. The molecule has 1 fully saturated rings. The maximum atomic E-state index is 12.3. The molecule has 0 saturated carbocycles. The van der Waals surface area contributed by atoms with E-state index in [0.717, 1.165) is 19.4 Å². The molecule has 1 aromatic rings. The molecule has 1 amide bonds. The summed E-state index contributed by atoms with van der Waals surface area (Å²) in [7, 11) is -0.325. The third-order valence-corrected chi connectivity index (χ3v) is 4.90. The van der Waals surface area contributed by atoms with Crippen LogP contribution in [0.4, 0.5) is 0 Å². The first-order valence-corrected chi connectivity index (χ1v) is 8.43. The van der Waals surface area contributed by atoms with Crippen molar-refractivity contribution in [3.8, 4) is 0 Å². The number of nitrogens with zero attached hydrogens (tertiary/aromatic N) is 1. The van der Waals surface area contributed by atoms with Gasteiger partial charge in [-0.2, -0.15) is 0 Å². The first-order chi connectivity index (χ1) is 9.90. The normalized spacial score (nSPS) is 17.8. The number of carbonyl (C=O) groups is 1. The number of hydrogen-bond donors (Lipinski definition) is 2. The van der Waals surface area contributed by atoms with Crippen LogP contribution in [-0.4, -0.2) is 52.5 Å². The van der Waals surface area contributed by atoms with Crippen LogP contribution >= 0.6 is 12.4 Å². The summed E-state index contributed by atoms with van der Waals surface area (Å²) in [4.78, 5) is 13.4. The van der Waals surface area contributed by atoms with Gasteiger partial charge >= 0.3 is 0 Å². The molecule has 1 aromatic carbocycles. The van der Waals surface area contributed by atoms with Crippen molar-refractivity contribution in [3.05, 3.63) is 29.8 Å². The van der Waals surface area contributed by atoms with E-state index < -0.39 is 10.0 Å². The fourth-order valence-electron chi connectivity index (χ4n) is 2.28. The molecular formula is C14H22ClN3O3S. The lowest BCUT2D eigenvalue weighted by Crippen LogP contribution is -2.37. The van der Waals surface area contributed by atoms with Gasteiger partial charge in [0.15, 0.2) is 0 Å². The second-order valence-corrected chi connectivity index (χ2v) is 7.14. The van der Waals surface area contributed by atoms with Crippen molar-refractivity contribution >= 4 is 28.3 Å². The van der Waals surface area contributed by atoms with E-state index in [-0.39, 0.29) is 29.3 Å². The average Bonchev–Trinajstić information content (AvgIpc) is 2.98. The number of halogens is 1. The van der Waals surface area contributed by atoms with Crippen LogP contribution in [0, 0.1) is 0 Å². The third kappa shape index (κ3) is 4.67. The smallest absolute Gasteiger partial charge is 0.253 e. The topological polar surface area (TPSA) is 78.5 Å². The van der Waals surface area contributed by atoms with Crippen LogP contribution in [0.15, 0.2) is 29.2 Å². The van der Waals surface area contributed by atoms with E-state index in [1.165, 1.54) is 17.0 Å². The first-order valence-electron chi connectivity index (χ1n) is 6.95. The predicted molar refractivity (Wildman–Crippen MR) is 87.9 cm³/mol. The van der Waals surface area contributed by atoms with Crippen LogP contribution in [0.25, 0.3) is 0 Å². The molecule has 0 bridgehead atoms. The van der Waals surface area contributed by atoms with E-state index >= 15 is 0 Å². The Morgan fingerprint density at radius 1 is 1.41 bits per heavy atom. The van der Waals surface area contributed by atoms with Gasteiger partial charge in [0.05, 0.1) is 4.90 Å². The number of benzene rings is 1. The Bertz CT molecular complexity index is 614. The molecule has 1 saturated heterocycles. The van der Waals surface area contributed by atoms with Gasteiger partial charge in [-0.3, -0.25) is 4.79 Å². The van der Waals surface area contributed by atoms with Crippen LogP contribution in [-0.2, 0) is 10.0 Å². The molecule has 1 aliphatic heterocycles. The fourth-order valence-corrected chi connectivity index (χ4v) is 3.41. The highest BCUT2D eigenvalue weighted by atomic mass is 35.5. The fraction of sp³-hybridized carbons (Fsp3) is 0.500. The Morgan fingerprint density at radius 2 is 2.14 bits per heavy atom. The molecular weight excluding hydrogens is 326 g/mol. The summed E-state index contributed by atoms with van der Waals surface area (Å²) in [6, 6.07) is 6.29. The third-order valence-electron chi connectivity index (χ3n) is 3.48. The largest absolute Gasteiger partial charge is 0.345 e. The molecule has 6 nitrogen and oxygen atoms in total. The van der Waals surface area contributed by atoms with E-state index in [4.69, 9.17) is 0 Å². The van der Waals surface area contributed by atoms with Crippen molar-refractivity contribution in [2.75, 3.05) is 27.2 Å². The number of nitrogens with one attached hydrogen (secondary N) is 2. The minimum atomic E-state index is -3.59. The summed E-state index contributed by atoms with van der Waals surface area (Å²) < 4.78 is 27.1. The molecule has 124 valence electrons. The molecule has 8 heteroatoms. The van der Waals surface area contributed by atoms with Crippen molar-refractivity contribution in [2.45, 2.75) is 23.8 Å². The van der Waals surface area contributed by atoms with Gasteiger partial charge in [-0.25, -0.2) is 13.1 Å². The summed E-state index contributed by atoms with van der Waals surface area (Å²) >= 11 is 0. The molecule has 1 atom stereocenters. The van der Waals surface area contributed by atoms with E-state index in [9.17, 15) is 13.2 Å². The highest BCUT2D eigenvalue weighted by Gasteiger charge is 2.20. The van der Waals surface area contributed by atoms with Gasteiger partial charge in [-0.1, -0.05) is 6.07 Å². The van der Waals surface area contributed by atoms with Crippen molar-refractivity contribution in [1.82, 2.24) is 14.9 Å². The lowest BCUT2D eigenvalue weighted by molar-refractivity contribution is 0.0827. The van der Waals surface area contributed by atoms with Crippen molar-refractivity contribution in [1.29, 1.82) is 0 Å². The number of rotatable bonds is 5. The minimum absolute atomic E-state index is 0. The Kier molecular flexibility index (Phi) is 6.80. The van der Waals surface area contributed by atoms with Crippen LogP contribution in [0.2, 0.25) is 0 Å². The number of amides is 1. The summed E-state index contributed by atoms with van der Waals surface area (Å²) in [5.74, 6) is -0.218. The molecule has 0 aliphatic carbocycles. The zero-order valence-electron chi connectivity index (χ0n) is 12.7. The zero-order chi connectivity index (χ0) is 15.5. The molecule has 0 aromatic heterocycles.